The lowest BCUT2D eigenvalue weighted by Crippen LogP contribution is -2.16. The zero-order valence-electron chi connectivity index (χ0n) is 21.5. The van der Waals surface area contributed by atoms with Gasteiger partial charge in [-0.15, -0.1) is 11.3 Å². The summed E-state index contributed by atoms with van der Waals surface area (Å²) in [5.41, 5.74) is 6.82. The number of non-ortho nitro benzene ring substituents is 1. The smallest absolute Gasteiger partial charge is 0.270 e. The SMILES string of the molecule is Cc1ccc(NS(=O)(=O)c2cc([N+](=O)[O-])ccc2NN=Cc2cn(-c3ccccc3)nc2-c2cccs2)c(C)c1. The molecule has 12 heteroatoms. The molecule has 2 heterocycles. The molecule has 3 aromatic carbocycles. The van der Waals surface area contributed by atoms with E-state index in [1.165, 1.54) is 29.7 Å². The summed E-state index contributed by atoms with van der Waals surface area (Å²) in [5.74, 6) is 0. The number of hydrogen-bond acceptors (Lipinski definition) is 8. The summed E-state index contributed by atoms with van der Waals surface area (Å²) in [5, 5.41) is 22.4. The molecule has 0 saturated carbocycles. The Bertz CT molecular complexity index is 1820. The molecule has 0 amide bonds. The maximum absolute atomic E-state index is 13.4. The molecule has 2 aromatic heterocycles. The van der Waals surface area contributed by atoms with Crippen LogP contribution in [0.25, 0.3) is 16.3 Å². The number of aryl methyl sites for hydroxylation is 2. The molecule has 40 heavy (non-hydrogen) atoms. The molecule has 5 rings (SSSR count). The molecule has 0 aliphatic heterocycles. The highest BCUT2D eigenvalue weighted by atomic mass is 32.2. The number of thiophene rings is 1. The van der Waals surface area contributed by atoms with Crippen molar-refractivity contribution in [2.45, 2.75) is 18.7 Å². The van der Waals surface area contributed by atoms with Gasteiger partial charge in [-0.3, -0.25) is 20.3 Å². The highest BCUT2D eigenvalue weighted by Crippen LogP contribution is 2.30. The van der Waals surface area contributed by atoms with Crippen LogP contribution in [0.5, 0.6) is 0 Å². The second-order valence-corrected chi connectivity index (χ2v) is 11.5. The summed E-state index contributed by atoms with van der Waals surface area (Å²) in [7, 11) is -4.21. The number of sulfonamides is 1. The van der Waals surface area contributed by atoms with Crippen LogP contribution < -0.4 is 10.1 Å². The minimum atomic E-state index is -4.21. The van der Waals surface area contributed by atoms with Crippen molar-refractivity contribution in [2.75, 3.05) is 10.1 Å². The van der Waals surface area contributed by atoms with Crippen molar-refractivity contribution in [3.05, 3.63) is 117 Å². The Morgan fingerprint density at radius 1 is 1.00 bits per heavy atom. The van der Waals surface area contributed by atoms with Gasteiger partial charge < -0.3 is 0 Å². The van der Waals surface area contributed by atoms with Crippen molar-refractivity contribution in [2.24, 2.45) is 5.10 Å². The second-order valence-electron chi connectivity index (χ2n) is 8.92. The number of hydrazone groups is 1. The minimum Gasteiger partial charge on any atom is -0.279 e. The van der Waals surface area contributed by atoms with Crippen LogP contribution in [0.1, 0.15) is 16.7 Å². The number of nitro groups is 1. The quantitative estimate of drug-likeness (QED) is 0.120. The molecular formula is C28H24N6O4S2. The van der Waals surface area contributed by atoms with Crippen molar-refractivity contribution in [1.82, 2.24) is 9.78 Å². The van der Waals surface area contributed by atoms with E-state index < -0.39 is 14.9 Å². The fourth-order valence-electron chi connectivity index (χ4n) is 4.04. The Balaban J connectivity index is 1.49. The van der Waals surface area contributed by atoms with Crippen LogP contribution in [0.15, 0.2) is 100 Å². The maximum atomic E-state index is 13.4. The highest BCUT2D eigenvalue weighted by Gasteiger charge is 2.23. The summed E-state index contributed by atoms with van der Waals surface area (Å²) in [6, 6.07) is 22.3. The normalized spacial score (nSPS) is 11.6. The van der Waals surface area contributed by atoms with Gasteiger partial charge in [-0.05, 0) is 55.1 Å². The van der Waals surface area contributed by atoms with Crippen LogP contribution in [0.4, 0.5) is 17.1 Å². The van der Waals surface area contributed by atoms with Gasteiger partial charge in [0.1, 0.15) is 10.6 Å². The largest absolute Gasteiger partial charge is 0.279 e. The van der Waals surface area contributed by atoms with Crippen LogP contribution in [-0.2, 0) is 10.0 Å². The van der Waals surface area contributed by atoms with E-state index in [-0.39, 0.29) is 16.3 Å². The number of hydrogen-bond donors (Lipinski definition) is 2. The van der Waals surface area contributed by atoms with Gasteiger partial charge in [-0.1, -0.05) is 42.0 Å². The van der Waals surface area contributed by atoms with Crippen LogP contribution in [-0.4, -0.2) is 29.3 Å². The van der Waals surface area contributed by atoms with Crippen LogP contribution >= 0.6 is 11.3 Å². The first-order chi connectivity index (χ1) is 19.2. The molecule has 10 nitrogen and oxygen atoms in total. The minimum absolute atomic E-state index is 0.0761. The Labute approximate surface area is 234 Å². The molecule has 0 unspecified atom stereocenters. The van der Waals surface area contributed by atoms with Crippen molar-refractivity contribution >= 4 is 44.6 Å². The third-order valence-electron chi connectivity index (χ3n) is 6.00. The predicted octanol–water partition coefficient (Wildman–Crippen LogP) is 6.37. The van der Waals surface area contributed by atoms with Gasteiger partial charge in [0.25, 0.3) is 15.7 Å². The van der Waals surface area contributed by atoms with Gasteiger partial charge in [0, 0.05) is 23.9 Å². The number of para-hydroxylation sites is 1. The molecule has 202 valence electrons. The average molecular weight is 573 g/mol. The van der Waals surface area contributed by atoms with Gasteiger partial charge in [-0.25, -0.2) is 13.1 Å². The molecule has 0 aliphatic carbocycles. The lowest BCUT2D eigenvalue weighted by Gasteiger charge is -2.14. The molecule has 0 atom stereocenters. The van der Waals surface area contributed by atoms with E-state index in [0.717, 1.165) is 27.8 Å². The number of nitro benzene ring substituents is 1. The Morgan fingerprint density at radius 3 is 2.48 bits per heavy atom. The number of anilines is 2. The Morgan fingerprint density at radius 2 is 1.77 bits per heavy atom. The summed E-state index contributed by atoms with van der Waals surface area (Å²) in [6.07, 6.45) is 3.36. The number of nitrogens with zero attached hydrogens (tertiary/aromatic N) is 4. The van der Waals surface area contributed by atoms with Crippen molar-refractivity contribution in [3.8, 4) is 16.3 Å². The van der Waals surface area contributed by atoms with E-state index in [1.54, 1.807) is 23.7 Å². The van der Waals surface area contributed by atoms with E-state index in [2.05, 4.69) is 15.2 Å². The molecule has 0 radical (unpaired) electrons. The van der Waals surface area contributed by atoms with Crippen molar-refractivity contribution in [1.29, 1.82) is 0 Å². The molecule has 0 fully saturated rings. The van der Waals surface area contributed by atoms with E-state index in [1.807, 2.05) is 67.0 Å². The molecular weight excluding hydrogens is 548 g/mol. The van der Waals surface area contributed by atoms with E-state index >= 15 is 0 Å². The van der Waals surface area contributed by atoms with Crippen LogP contribution in [0, 0.1) is 24.0 Å². The van der Waals surface area contributed by atoms with Gasteiger partial charge in [0.2, 0.25) is 0 Å². The zero-order chi connectivity index (χ0) is 28.3. The monoisotopic (exact) mass is 572 g/mol. The average Bonchev–Trinajstić information content (AvgIpc) is 3.61. The van der Waals surface area contributed by atoms with Crippen molar-refractivity contribution < 1.29 is 13.3 Å². The topological polar surface area (TPSA) is 132 Å². The fourth-order valence-corrected chi connectivity index (χ4v) is 6.08. The second kappa shape index (κ2) is 11.1. The van der Waals surface area contributed by atoms with Gasteiger partial charge in [0.05, 0.1) is 33.1 Å². The fraction of sp³-hybridized carbons (Fsp3) is 0.0714. The molecule has 2 N–H and O–H groups in total. The summed E-state index contributed by atoms with van der Waals surface area (Å²) >= 11 is 1.53. The van der Waals surface area contributed by atoms with Gasteiger partial charge >= 0.3 is 0 Å². The number of rotatable bonds is 9. The van der Waals surface area contributed by atoms with E-state index in [0.29, 0.717) is 16.9 Å². The van der Waals surface area contributed by atoms with Crippen LogP contribution in [0.3, 0.4) is 0 Å². The number of nitrogens with one attached hydrogen (secondary N) is 2. The molecule has 0 bridgehead atoms. The maximum Gasteiger partial charge on any atom is 0.270 e. The van der Waals surface area contributed by atoms with E-state index in [9.17, 15) is 18.5 Å². The summed E-state index contributed by atoms with van der Waals surface area (Å²) < 4.78 is 31.1. The van der Waals surface area contributed by atoms with E-state index in [4.69, 9.17) is 5.10 Å². The number of benzene rings is 3. The van der Waals surface area contributed by atoms with Gasteiger partial charge in [0.15, 0.2) is 0 Å². The number of aromatic nitrogens is 2. The lowest BCUT2D eigenvalue weighted by atomic mass is 10.1. The third-order valence-corrected chi connectivity index (χ3v) is 8.28. The Kier molecular flexibility index (Phi) is 7.45. The third kappa shape index (κ3) is 5.77. The molecule has 0 spiro atoms. The highest BCUT2D eigenvalue weighted by molar-refractivity contribution is 7.92. The first-order valence-electron chi connectivity index (χ1n) is 12.1. The standard InChI is InChI=1S/C28H24N6O4S2/c1-19-10-12-24(20(2)15-19)32-40(37,38)27-16-23(34(35)36)11-13-25(27)30-29-17-21-18-33(22-7-4-3-5-8-22)31-28(21)26-9-6-14-39-26/h3-18,30,32H,1-2H3. The van der Waals surface area contributed by atoms with Crippen LogP contribution in [0.2, 0.25) is 0 Å². The summed E-state index contributed by atoms with van der Waals surface area (Å²) in [6.45, 7) is 3.68. The molecule has 0 aliphatic rings. The molecule has 5 aromatic rings. The summed E-state index contributed by atoms with van der Waals surface area (Å²) in [4.78, 5) is 11.4. The first kappa shape index (κ1) is 26.8. The lowest BCUT2D eigenvalue weighted by molar-refractivity contribution is -0.385. The zero-order valence-corrected chi connectivity index (χ0v) is 23.1. The Hall–Kier alpha value is -4.81. The molecule has 0 saturated heterocycles. The first-order valence-corrected chi connectivity index (χ1v) is 14.4. The van der Waals surface area contributed by atoms with Crippen molar-refractivity contribution in [3.63, 3.8) is 0 Å². The van der Waals surface area contributed by atoms with Gasteiger partial charge in [-0.2, -0.15) is 10.2 Å². The predicted molar refractivity (Wildman–Crippen MR) is 158 cm³/mol.